The lowest BCUT2D eigenvalue weighted by molar-refractivity contribution is 0.0338. The number of carbonyl (C=O) groups is 1. The van der Waals surface area contributed by atoms with Crippen molar-refractivity contribution in [1.82, 2.24) is 0 Å². The Morgan fingerprint density at radius 2 is 1.88 bits per heavy atom. The highest BCUT2D eigenvalue weighted by Crippen LogP contribution is 2.33. The Kier molecular flexibility index (Phi) is 5.41. The summed E-state index contributed by atoms with van der Waals surface area (Å²) in [4.78, 5) is 12.1. The number of benzene rings is 2. The number of hydrogen-bond acceptors (Lipinski definition) is 6. The first-order valence-electron chi connectivity index (χ1n) is 7.10. The molecule has 0 aromatic heterocycles. The first kappa shape index (κ1) is 17.7. The van der Waals surface area contributed by atoms with Crippen molar-refractivity contribution in [2.45, 2.75) is 19.4 Å². The third kappa shape index (κ3) is 3.83. The lowest BCUT2D eigenvalue weighted by Gasteiger charge is -2.16. The molecule has 3 N–H and O–H groups in total. The third-order valence-corrected chi connectivity index (χ3v) is 3.68. The zero-order chi connectivity index (χ0) is 17.9. The second kappa shape index (κ2) is 7.31. The molecule has 0 fully saturated rings. The molecular weight excluding hydrogens is 336 g/mol. The Morgan fingerprint density at radius 1 is 1.17 bits per heavy atom. The van der Waals surface area contributed by atoms with Crippen LogP contribution in [0.2, 0.25) is 5.02 Å². The van der Waals surface area contributed by atoms with E-state index in [0.717, 1.165) is 12.1 Å². The van der Waals surface area contributed by atoms with Crippen LogP contribution in [-0.4, -0.2) is 34.5 Å². The van der Waals surface area contributed by atoms with E-state index in [1.54, 1.807) is 19.1 Å². The van der Waals surface area contributed by atoms with Gasteiger partial charge in [-0.05, 0) is 19.1 Å². The van der Waals surface area contributed by atoms with Gasteiger partial charge in [0.15, 0.2) is 11.5 Å². The van der Waals surface area contributed by atoms with Crippen LogP contribution in [0.3, 0.4) is 0 Å². The SMILES string of the molecule is COc1c(O)cccc1CC(C)OC(=O)c1cc(Cl)c(O)cc1O. The predicted octanol–water partition coefficient (Wildman–Crippen LogP) is 3.25. The molecular formula is C17H17ClO6. The van der Waals surface area contributed by atoms with Crippen LogP contribution in [0.15, 0.2) is 30.3 Å². The lowest BCUT2D eigenvalue weighted by atomic mass is 10.1. The Labute approximate surface area is 143 Å². The topological polar surface area (TPSA) is 96.2 Å². The number of halogens is 1. The van der Waals surface area contributed by atoms with Gasteiger partial charge in [0.05, 0.1) is 12.1 Å². The average molecular weight is 353 g/mol. The van der Waals surface area contributed by atoms with Crippen molar-refractivity contribution in [3.63, 3.8) is 0 Å². The van der Waals surface area contributed by atoms with E-state index < -0.39 is 17.8 Å². The highest BCUT2D eigenvalue weighted by atomic mass is 35.5. The minimum atomic E-state index is -0.777. The number of phenolic OH excluding ortho intramolecular Hbond substituents is 3. The molecule has 0 spiro atoms. The fourth-order valence-corrected chi connectivity index (χ4v) is 2.44. The molecule has 0 saturated heterocycles. The van der Waals surface area contributed by atoms with Crippen molar-refractivity contribution in [2.24, 2.45) is 0 Å². The molecule has 6 nitrogen and oxygen atoms in total. The van der Waals surface area contributed by atoms with Crippen molar-refractivity contribution < 1.29 is 29.6 Å². The highest BCUT2D eigenvalue weighted by Gasteiger charge is 2.20. The van der Waals surface area contributed by atoms with Crippen molar-refractivity contribution in [3.8, 4) is 23.0 Å². The molecule has 0 radical (unpaired) electrons. The summed E-state index contributed by atoms with van der Waals surface area (Å²) < 4.78 is 10.4. The standard InChI is InChI=1S/C17H17ClO6/c1-9(6-10-4-3-5-13(19)16(10)23-2)24-17(22)11-7-12(18)15(21)8-14(11)20/h3-5,7-9,19-21H,6H2,1-2H3. The number of aromatic hydroxyl groups is 3. The molecule has 0 amide bonds. The molecule has 7 heteroatoms. The van der Waals surface area contributed by atoms with E-state index in [2.05, 4.69) is 0 Å². The van der Waals surface area contributed by atoms with Crippen LogP contribution < -0.4 is 4.74 Å². The zero-order valence-electron chi connectivity index (χ0n) is 13.1. The first-order chi connectivity index (χ1) is 11.3. The number of para-hydroxylation sites is 1. The van der Waals surface area contributed by atoms with E-state index in [1.807, 2.05) is 0 Å². The minimum Gasteiger partial charge on any atom is -0.507 e. The second-order valence-electron chi connectivity index (χ2n) is 5.21. The van der Waals surface area contributed by atoms with E-state index in [1.165, 1.54) is 13.2 Å². The van der Waals surface area contributed by atoms with E-state index in [-0.39, 0.29) is 22.1 Å². The smallest absolute Gasteiger partial charge is 0.342 e. The Balaban J connectivity index is 2.13. The van der Waals surface area contributed by atoms with Crippen LogP contribution in [0.5, 0.6) is 23.0 Å². The maximum Gasteiger partial charge on any atom is 0.342 e. The maximum absolute atomic E-state index is 12.1. The molecule has 1 atom stereocenters. The summed E-state index contributed by atoms with van der Waals surface area (Å²) >= 11 is 5.74. The summed E-state index contributed by atoms with van der Waals surface area (Å²) in [5.41, 5.74) is 0.526. The zero-order valence-corrected chi connectivity index (χ0v) is 13.9. The van der Waals surface area contributed by atoms with Crippen LogP contribution in [0.4, 0.5) is 0 Å². The van der Waals surface area contributed by atoms with Crippen molar-refractivity contribution >= 4 is 17.6 Å². The molecule has 2 aromatic carbocycles. The van der Waals surface area contributed by atoms with Crippen molar-refractivity contribution in [2.75, 3.05) is 7.11 Å². The van der Waals surface area contributed by atoms with Gasteiger partial charge in [-0.3, -0.25) is 0 Å². The Morgan fingerprint density at radius 3 is 2.54 bits per heavy atom. The van der Waals surface area contributed by atoms with E-state index in [0.29, 0.717) is 17.7 Å². The highest BCUT2D eigenvalue weighted by molar-refractivity contribution is 6.32. The molecule has 0 saturated carbocycles. The third-order valence-electron chi connectivity index (χ3n) is 3.38. The van der Waals surface area contributed by atoms with Crippen molar-refractivity contribution in [3.05, 3.63) is 46.5 Å². The Bertz CT molecular complexity index is 759. The number of carbonyl (C=O) groups excluding carboxylic acids is 1. The van der Waals surface area contributed by atoms with Crippen LogP contribution in [0, 0.1) is 0 Å². The van der Waals surface area contributed by atoms with Gasteiger partial charge in [0.2, 0.25) is 0 Å². The Hall–Kier alpha value is -2.60. The summed E-state index contributed by atoms with van der Waals surface area (Å²) in [5.74, 6) is -1.22. The number of hydrogen-bond donors (Lipinski definition) is 3. The summed E-state index contributed by atoms with van der Waals surface area (Å²) in [5, 5.41) is 28.8. The molecule has 0 aliphatic rings. The molecule has 0 heterocycles. The lowest BCUT2D eigenvalue weighted by Crippen LogP contribution is -2.18. The quantitative estimate of drug-likeness (QED) is 0.715. The maximum atomic E-state index is 12.1. The molecule has 2 aromatic rings. The fourth-order valence-electron chi connectivity index (χ4n) is 2.28. The van der Waals surface area contributed by atoms with Crippen LogP contribution >= 0.6 is 11.6 Å². The van der Waals surface area contributed by atoms with Gasteiger partial charge in [-0.1, -0.05) is 23.7 Å². The molecule has 24 heavy (non-hydrogen) atoms. The van der Waals surface area contributed by atoms with Crippen LogP contribution in [0.25, 0.3) is 0 Å². The van der Waals surface area contributed by atoms with Gasteiger partial charge in [-0.25, -0.2) is 4.79 Å². The first-order valence-corrected chi connectivity index (χ1v) is 7.48. The molecule has 128 valence electrons. The van der Waals surface area contributed by atoms with Crippen LogP contribution in [0.1, 0.15) is 22.8 Å². The molecule has 1 unspecified atom stereocenters. The van der Waals surface area contributed by atoms with Crippen LogP contribution in [-0.2, 0) is 11.2 Å². The number of methoxy groups -OCH3 is 1. The van der Waals surface area contributed by atoms with Gasteiger partial charge in [-0.15, -0.1) is 0 Å². The number of esters is 1. The monoisotopic (exact) mass is 352 g/mol. The summed E-state index contributed by atoms with van der Waals surface area (Å²) in [6.45, 7) is 1.67. The predicted molar refractivity (Wildman–Crippen MR) is 88.0 cm³/mol. The van der Waals surface area contributed by atoms with Gasteiger partial charge in [0.25, 0.3) is 0 Å². The average Bonchev–Trinajstić information content (AvgIpc) is 2.51. The summed E-state index contributed by atoms with van der Waals surface area (Å²) in [7, 11) is 1.44. The summed E-state index contributed by atoms with van der Waals surface area (Å²) in [6, 6.07) is 7.01. The van der Waals surface area contributed by atoms with Gasteiger partial charge in [-0.2, -0.15) is 0 Å². The van der Waals surface area contributed by atoms with E-state index >= 15 is 0 Å². The minimum absolute atomic E-state index is 0.00325. The van der Waals surface area contributed by atoms with E-state index in [4.69, 9.17) is 21.1 Å². The largest absolute Gasteiger partial charge is 0.507 e. The number of ether oxygens (including phenoxy) is 2. The fraction of sp³-hybridized carbons (Fsp3) is 0.235. The molecule has 0 aliphatic carbocycles. The van der Waals surface area contributed by atoms with Gasteiger partial charge in [0, 0.05) is 18.1 Å². The number of rotatable bonds is 5. The van der Waals surface area contributed by atoms with E-state index in [9.17, 15) is 20.1 Å². The summed E-state index contributed by atoms with van der Waals surface area (Å²) in [6.07, 6.45) is -0.254. The van der Waals surface area contributed by atoms with Gasteiger partial charge < -0.3 is 24.8 Å². The molecule has 2 rings (SSSR count). The van der Waals surface area contributed by atoms with Gasteiger partial charge >= 0.3 is 5.97 Å². The normalized spacial score (nSPS) is 11.8. The molecule has 0 aliphatic heterocycles. The second-order valence-corrected chi connectivity index (χ2v) is 5.62. The molecule has 0 bridgehead atoms. The number of phenols is 3. The van der Waals surface area contributed by atoms with Gasteiger partial charge in [0.1, 0.15) is 23.2 Å². The van der Waals surface area contributed by atoms with Crippen molar-refractivity contribution in [1.29, 1.82) is 0 Å².